The van der Waals surface area contributed by atoms with Crippen molar-refractivity contribution in [2.75, 3.05) is 0 Å². The van der Waals surface area contributed by atoms with Gasteiger partial charge in [0.25, 0.3) is 0 Å². The quantitative estimate of drug-likeness (QED) is 0.654. The van der Waals surface area contributed by atoms with Gasteiger partial charge in [-0.3, -0.25) is 4.57 Å². The predicted molar refractivity (Wildman–Crippen MR) is 85.6 cm³/mol. The van der Waals surface area contributed by atoms with E-state index >= 15 is 0 Å². The number of aryl methyl sites for hydroxylation is 1. The number of aromatic nitrogens is 2. The van der Waals surface area contributed by atoms with Gasteiger partial charge in [-0.2, -0.15) is 5.26 Å². The second kappa shape index (κ2) is 4.89. The molecule has 0 bridgehead atoms. The lowest BCUT2D eigenvalue weighted by Crippen LogP contribution is -1.99. The fourth-order valence-corrected chi connectivity index (χ4v) is 2.97. The number of nitriles is 1. The summed E-state index contributed by atoms with van der Waals surface area (Å²) in [5, 5.41) is 9.39. The number of H-pyrrole nitrogens is 1. The van der Waals surface area contributed by atoms with E-state index in [1.807, 2.05) is 47.9 Å². The van der Waals surface area contributed by atoms with Gasteiger partial charge in [-0.1, -0.05) is 28.1 Å². The number of halogens is 1. The molecular formula is C15H10BrN3S. The summed E-state index contributed by atoms with van der Waals surface area (Å²) in [5.74, 6) is 0. The first-order chi connectivity index (χ1) is 9.61. The maximum Gasteiger partial charge on any atom is 0.182 e. The van der Waals surface area contributed by atoms with E-state index in [9.17, 15) is 5.26 Å². The number of aromatic amines is 1. The molecule has 0 fully saturated rings. The Labute approximate surface area is 129 Å². The van der Waals surface area contributed by atoms with Crippen molar-refractivity contribution in [1.82, 2.24) is 9.55 Å². The molecule has 0 aliphatic heterocycles. The largest absolute Gasteiger partial charge is 0.330 e. The van der Waals surface area contributed by atoms with Gasteiger partial charge in [-0.25, -0.2) is 0 Å². The molecule has 3 rings (SSSR count). The van der Waals surface area contributed by atoms with E-state index in [-0.39, 0.29) is 0 Å². The van der Waals surface area contributed by atoms with Crippen LogP contribution in [0.15, 0.2) is 40.9 Å². The highest BCUT2D eigenvalue weighted by Gasteiger charge is 2.12. The summed E-state index contributed by atoms with van der Waals surface area (Å²) < 4.78 is 3.47. The summed E-state index contributed by atoms with van der Waals surface area (Å²) in [7, 11) is 0. The Morgan fingerprint density at radius 2 is 2.10 bits per heavy atom. The van der Waals surface area contributed by atoms with Crippen molar-refractivity contribution >= 4 is 39.2 Å². The number of hydrogen-bond acceptors (Lipinski definition) is 2. The minimum Gasteiger partial charge on any atom is -0.330 e. The second-order valence-electron chi connectivity index (χ2n) is 4.51. The normalized spacial score (nSPS) is 10.7. The predicted octanol–water partition coefficient (Wildman–Crippen LogP) is 4.63. The zero-order valence-electron chi connectivity index (χ0n) is 10.6. The van der Waals surface area contributed by atoms with Crippen molar-refractivity contribution in [1.29, 1.82) is 5.26 Å². The van der Waals surface area contributed by atoms with Gasteiger partial charge in [0, 0.05) is 4.47 Å². The van der Waals surface area contributed by atoms with E-state index in [4.69, 9.17) is 12.2 Å². The third kappa shape index (κ3) is 1.98. The lowest BCUT2D eigenvalue weighted by atomic mass is 10.1. The molecule has 0 saturated carbocycles. The Morgan fingerprint density at radius 3 is 2.85 bits per heavy atom. The molecule has 1 N–H and O–H groups in total. The molecule has 3 aromatic rings. The molecule has 0 atom stereocenters. The summed E-state index contributed by atoms with van der Waals surface area (Å²) in [4.78, 5) is 3.18. The van der Waals surface area contributed by atoms with Gasteiger partial charge < -0.3 is 4.98 Å². The van der Waals surface area contributed by atoms with E-state index < -0.39 is 0 Å². The zero-order chi connectivity index (χ0) is 14.3. The first-order valence-corrected chi connectivity index (χ1v) is 7.22. The van der Waals surface area contributed by atoms with Gasteiger partial charge in [0.1, 0.15) is 6.07 Å². The van der Waals surface area contributed by atoms with E-state index in [1.165, 1.54) is 0 Å². The number of imidazole rings is 1. The number of nitrogens with zero attached hydrogens (tertiary/aromatic N) is 2. The van der Waals surface area contributed by atoms with Gasteiger partial charge in [0.05, 0.1) is 22.3 Å². The van der Waals surface area contributed by atoms with Gasteiger partial charge in [0.2, 0.25) is 0 Å². The Balaban J connectivity index is 2.42. The minimum atomic E-state index is 0.584. The maximum absolute atomic E-state index is 9.39. The van der Waals surface area contributed by atoms with Crippen LogP contribution >= 0.6 is 28.1 Å². The van der Waals surface area contributed by atoms with E-state index in [0.717, 1.165) is 26.8 Å². The molecule has 1 aromatic heterocycles. The number of benzene rings is 2. The summed E-state index contributed by atoms with van der Waals surface area (Å²) in [6.45, 7) is 1.93. The standard InChI is InChI=1S/C15H10BrN3S/c1-9-3-2-4-13(11(9)8-17)19-14-6-5-10(16)7-12(14)18-15(19)20/h2-7H,1H3,(H,18,20). The van der Waals surface area contributed by atoms with Crippen molar-refractivity contribution < 1.29 is 0 Å². The number of hydrogen-bond donors (Lipinski definition) is 1. The maximum atomic E-state index is 9.39. The van der Waals surface area contributed by atoms with Gasteiger partial charge in [-0.15, -0.1) is 0 Å². The molecule has 98 valence electrons. The SMILES string of the molecule is Cc1cccc(-n2c(=S)[nH]c3cc(Br)ccc32)c1C#N. The monoisotopic (exact) mass is 343 g/mol. The van der Waals surface area contributed by atoms with E-state index in [0.29, 0.717) is 10.3 Å². The Hall–Kier alpha value is -1.90. The minimum absolute atomic E-state index is 0.584. The lowest BCUT2D eigenvalue weighted by Gasteiger charge is -2.08. The van der Waals surface area contributed by atoms with Crippen LogP contribution < -0.4 is 0 Å². The number of nitrogens with one attached hydrogen (secondary N) is 1. The molecule has 0 aliphatic rings. The molecule has 0 saturated heterocycles. The zero-order valence-corrected chi connectivity index (χ0v) is 13.0. The molecule has 3 nitrogen and oxygen atoms in total. The van der Waals surface area contributed by atoms with Crippen LogP contribution in [-0.4, -0.2) is 9.55 Å². The molecular weight excluding hydrogens is 334 g/mol. The second-order valence-corrected chi connectivity index (χ2v) is 5.81. The van der Waals surface area contributed by atoms with Crippen LogP contribution in [-0.2, 0) is 0 Å². The topological polar surface area (TPSA) is 44.5 Å². The third-order valence-electron chi connectivity index (χ3n) is 3.25. The molecule has 5 heteroatoms. The van der Waals surface area contributed by atoms with Crippen molar-refractivity contribution in [2.45, 2.75) is 6.92 Å². The average Bonchev–Trinajstić information content (AvgIpc) is 2.73. The highest BCUT2D eigenvalue weighted by atomic mass is 79.9. The summed E-state index contributed by atoms with van der Waals surface area (Å²) in [6, 6.07) is 14.0. The molecule has 0 aliphatic carbocycles. The number of fused-ring (bicyclic) bond motifs is 1. The van der Waals surface area contributed by atoms with Crippen LogP contribution in [0.2, 0.25) is 0 Å². The Bertz CT molecular complexity index is 915. The van der Waals surface area contributed by atoms with E-state index in [2.05, 4.69) is 27.0 Å². The van der Waals surface area contributed by atoms with Gasteiger partial charge >= 0.3 is 0 Å². The molecule has 0 amide bonds. The van der Waals surface area contributed by atoms with Crippen molar-refractivity contribution in [3.8, 4) is 11.8 Å². The van der Waals surface area contributed by atoms with Crippen LogP contribution in [0, 0.1) is 23.0 Å². The first-order valence-electron chi connectivity index (χ1n) is 6.02. The Kier molecular flexibility index (Phi) is 3.20. The smallest absolute Gasteiger partial charge is 0.182 e. The highest BCUT2D eigenvalue weighted by Crippen LogP contribution is 2.25. The van der Waals surface area contributed by atoms with Crippen LogP contribution in [0.5, 0.6) is 0 Å². The van der Waals surface area contributed by atoms with Gasteiger partial charge in [-0.05, 0) is 49.0 Å². The molecule has 0 unspecified atom stereocenters. The van der Waals surface area contributed by atoms with Crippen molar-refractivity contribution in [2.24, 2.45) is 0 Å². The van der Waals surface area contributed by atoms with Gasteiger partial charge in [0.15, 0.2) is 4.77 Å². The third-order valence-corrected chi connectivity index (χ3v) is 4.03. The van der Waals surface area contributed by atoms with Crippen LogP contribution in [0.25, 0.3) is 16.7 Å². The van der Waals surface area contributed by atoms with Crippen LogP contribution in [0.1, 0.15) is 11.1 Å². The summed E-state index contributed by atoms with van der Waals surface area (Å²) in [6.07, 6.45) is 0. The average molecular weight is 344 g/mol. The molecule has 20 heavy (non-hydrogen) atoms. The molecule has 0 radical (unpaired) electrons. The highest BCUT2D eigenvalue weighted by molar-refractivity contribution is 9.10. The Morgan fingerprint density at radius 1 is 1.30 bits per heavy atom. The molecule has 1 heterocycles. The summed E-state index contributed by atoms with van der Waals surface area (Å²) in [5.41, 5.74) is 4.30. The van der Waals surface area contributed by atoms with E-state index in [1.54, 1.807) is 0 Å². The van der Waals surface area contributed by atoms with Crippen molar-refractivity contribution in [3.05, 3.63) is 56.8 Å². The lowest BCUT2D eigenvalue weighted by molar-refractivity contribution is 1.05. The fourth-order valence-electron chi connectivity index (χ4n) is 2.31. The van der Waals surface area contributed by atoms with Crippen LogP contribution in [0.3, 0.4) is 0 Å². The van der Waals surface area contributed by atoms with Crippen LogP contribution in [0.4, 0.5) is 0 Å². The number of rotatable bonds is 1. The summed E-state index contributed by atoms with van der Waals surface area (Å²) >= 11 is 8.86. The first kappa shape index (κ1) is 13.1. The van der Waals surface area contributed by atoms with Crippen molar-refractivity contribution in [3.63, 3.8) is 0 Å². The molecule has 2 aromatic carbocycles. The fraction of sp³-hybridized carbons (Fsp3) is 0.0667. The molecule has 0 spiro atoms.